The molecule has 0 radical (unpaired) electrons. The summed E-state index contributed by atoms with van der Waals surface area (Å²) in [6.45, 7) is -1.01. The average molecular weight is 290 g/mol. The molecule has 0 aliphatic carbocycles. The standard InChI is InChI=1S/C6H10O11S/c7-1-2(8)3(9)4(10)5(11)6(12)16-17-18(13,14)15/h2-4,7-10H,1H2,(H,13,14,15). The third kappa shape index (κ3) is 5.46. The van der Waals surface area contributed by atoms with E-state index in [2.05, 4.69) is 9.22 Å². The molecule has 0 rings (SSSR count). The van der Waals surface area contributed by atoms with E-state index in [1.165, 1.54) is 0 Å². The number of hydrogen-bond acceptors (Lipinski definition) is 10. The number of hydrogen-bond donors (Lipinski definition) is 5. The molecule has 11 nitrogen and oxygen atoms in total. The van der Waals surface area contributed by atoms with Crippen LogP contribution in [-0.2, 0) is 29.2 Å². The number of carbonyl (C=O) groups is 2. The molecule has 18 heavy (non-hydrogen) atoms. The fraction of sp³-hybridized carbons (Fsp3) is 0.667. The highest BCUT2D eigenvalue weighted by molar-refractivity contribution is 7.80. The summed E-state index contributed by atoms with van der Waals surface area (Å²) in [7, 11) is -5.15. The highest BCUT2D eigenvalue weighted by atomic mass is 32.3. The Balaban J connectivity index is 4.51. The fourth-order valence-corrected chi connectivity index (χ4v) is 0.857. The quantitative estimate of drug-likeness (QED) is 0.133. The Hall–Kier alpha value is -1.15. The van der Waals surface area contributed by atoms with Gasteiger partial charge < -0.3 is 20.4 Å². The highest BCUT2D eigenvalue weighted by Gasteiger charge is 2.35. The largest absolute Gasteiger partial charge is 0.432 e. The Labute approximate surface area is 100 Å². The predicted octanol–water partition coefficient (Wildman–Crippen LogP) is -4.09. The second kappa shape index (κ2) is 6.69. The van der Waals surface area contributed by atoms with Crippen LogP contribution >= 0.6 is 0 Å². The van der Waals surface area contributed by atoms with Gasteiger partial charge in [-0.1, -0.05) is 0 Å². The van der Waals surface area contributed by atoms with Crippen LogP contribution in [0.3, 0.4) is 0 Å². The summed E-state index contributed by atoms with van der Waals surface area (Å²) in [6, 6.07) is 0. The van der Waals surface area contributed by atoms with Crippen molar-refractivity contribution in [1.82, 2.24) is 0 Å². The first kappa shape index (κ1) is 16.9. The van der Waals surface area contributed by atoms with Gasteiger partial charge in [-0.05, 0) is 4.33 Å². The Morgan fingerprint density at radius 3 is 2.06 bits per heavy atom. The first-order chi connectivity index (χ1) is 8.10. The van der Waals surface area contributed by atoms with E-state index in [1.54, 1.807) is 0 Å². The first-order valence-electron chi connectivity index (χ1n) is 4.17. The van der Waals surface area contributed by atoms with E-state index < -0.39 is 47.1 Å². The fourth-order valence-electron chi connectivity index (χ4n) is 0.709. The van der Waals surface area contributed by atoms with Crippen molar-refractivity contribution >= 4 is 22.2 Å². The van der Waals surface area contributed by atoms with Gasteiger partial charge in [0, 0.05) is 0 Å². The van der Waals surface area contributed by atoms with Gasteiger partial charge in [0.1, 0.15) is 12.2 Å². The van der Waals surface area contributed by atoms with Crippen LogP contribution in [0.25, 0.3) is 0 Å². The number of aliphatic hydroxyl groups excluding tert-OH is 4. The molecule has 0 fully saturated rings. The van der Waals surface area contributed by atoms with Crippen LogP contribution in [-0.4, -0.2) is 70.1 Å². The molecule has 0 aromatic carbocycles. The molecule has 0 saturated heterocycles. The van der Waals surface area contributed by atoms with Crippen LogP contribution in [0, 0.1) is 0 Å². The normalized spacial score (nSPS) is 16.7. The summed E-state index contributed by atoms with van der Waals surface area (Å²) in [6.07, 6.45) is -6.61. The van der Waals surface area contributed by atoms with Crippen molar-refractivity contribution in [3.05, 3.63) is 0 Å². The van der Waals surface area contributed by atoms with Gasteiger partial charge in [-0.3, -0.25) is 14.2 Å². The lowest BCUT2D eigenvalue weighted by atomic mass is 10.1. The maximum absolute atomic E-state index is 11.0. The first-order valence-corrected chi connectivity index (χ1v) is 5.53. The van der Waals surface area contributed by atoms with Gasteiger partial charge in [0.25, 0.3) is 5.78 Å². The van der Waals surface area contributed by atoms with Crippen molar-refractivity contribution in [2.45, 2.75) is 18.3 Å². The molecule has 12 heteroatoms. The summed E-state index contributed by atoms with van der Waals surface area (Å²) < 4.78 is 31.0. The smallest absolute Gasteiger partial charge is 0.394 e. The minimum atomic E-state index is -5.15. The molecule has 5 N–H and O–H groups in total. The third-order valence-electron chi connectivity index (χ3n) is 1.57. The van der Waals surface area contributed by atoms with E-state index in [-0.39, 0.29) is 0 Å². The number of ketones is 1. The summed E-state index contributed by atoms with van der Waals surface area (Å²) in [4.78, 5) is 25.1. The molecule has 0 heterocycles. The molecule has 0 aromatic rings. The lowest BCUT2D eigenvalue weighted by molar-refractivity contribution is -0.216. The van der Waals surface area contributed by atoms with Gasteiger partial charge >= 0.3 is 16.4 Å². The molecule has 106 valence electrons. The average Bonchev–Trinajstić information content (AvgIpc) is 2.31. The van der Waals surface area contributed by atoms with E-state index >= 15 is 0 Å². The minimum Gasteiger partial charge on any atom is -0.394 e. The van der Waals surface area contributed by atoms with E-state index in [4.69, 9.17) is 25.0 Å². The van der Waals surface area contributed by atoms with Gasteiger partial charge in [-0.25, -0.2) is 4.79 Å². The van der Waals surface area contributed by atoms with Crippen LogP contribution < -0.4 is 0 Å². The molecule has 0 aliphatic heterocycles. The highest BCUT2D eigenvalue weighted by Crippen LogP contribution is 2.03. The molecule has 0 saturated carbocycles. The van der Waals surface area contributed by atoms with Crippen molar-refractivity contribution in [1.29, 1.82) is 0 Å². The maximum Gasteiger partial charge on any atom is 0.432 e. The summed E-state index contributed by atoms with van der Waals surface area (Å²) in [5.41, 5.74) is 0. The lowest BCUT2D eigenvalue weighted by Gasteiger charge is -2.19. The maximum atomic E-state index is 11.0. The number of aliphatic hydroxyl groups is 4. The Kier molecular flexibility index (Phi) is 6.27. The number of rotatable bonds is 7. The van der Waals surface area contributed by atoms with Crippen LogP contribution in [0.4, 0.5) is 0 Å². The molecule has 0 amide bonds. The van der Waals surface area contributed by atoms with Crippen molar-refractivity contribution < 1.29 is 52.2 Å². The molecule has 0 bridgehead atoms. The van der Waals surface area contributed by atoms with Crippen LogP contribution in [0.2, 0.25) is 0 Å². The van der Waals surface area contributed by atoms with Gasteiger partial charge in [0.05, 0.1) is 6.61 Å². The Morgan fingerprint density at radius 1 is 1.17 bits per heavy atom. The SMILES string of the molecule is O=C(OOS(=O)(=O)O)C(=O)C(O)C(O)C(O)CO. The molecule has 0 spiro atoms. The predicted molar refractivity (Wildman–Crippen MR) is 48.8 cm³/mol. The minimum absolute atomic E-state index is 1.01. The van der Waals surface area contributed by atoms with Crippen LogP contribution in [0.5, 0.6) is 0 Å². The second-order valence-electron chi connectivity index (χ2n) is 2.92. The van der Waals surface area contributed by atoms with Crippen molar-refractivity contribution in [3.8, 4) is 0 Å². The zero-order valence-corrected chi connectivity index (χ0v) is 9.35. The zero-order chi connectivity index (χ0) is 14.5. The molecule has 3 unspecified atom stereocenters. The van der Waals surface area contributed by atoms with Gasteiger partial charge in [0.15, 0.2) is 6.10 Å². The topological polar surface area (TPSA) is 188 Å². The monoisotopic (exact) mass is 290 g/mol. The lowest BCUT2D eigenvalue weighted by Crippen LogP contribution is -2.46. The summed E-state index contributed by atoms with van der Waals surface area (Å²) in [5, 5.41) is 35.3. The van der Waals surface area contributed by atoms with Crippen molar-refractivity contribution in [3.63, 3.8) is 0 Å². The molecule has 0 aromatic heterocycles. The molecule has 0 aliphatic rings. The van der Waals surface area contributed by atoms with E-state index in [0.29, 0.717) is 0 Å². The van der Waals surface area contributed by atoms with Gasteiger partial charge in [-0.2, -0.15) is 8.42 Å². The van der Waals surface area contributed by atoms with Gasteiger partial charge in [0.2, 0.25) is 0 Å². The molecular weight excluding hydrogens is 280 g/mol. The van der Waals surface area contributed by atoms with Gasteiger partial charge in [-0.15, -0.1) is 0 Å². The third-order valence-corrected chi connectivity index (χ3v) is 1.81. The summed E-state index contributed by atoms with van der Waals surface area (Å²) in [5.74, 6) is -3.91. The van der Waals surface area contributed by atoms with E-state index in [9.17, 15) is 18.0 Å². The molecular formula is C6H10O11S. The Morgan fingerprint density at radius 2 is 1.67 bits per heavy atom. The van der Waals surface area contributed by atoms with Crippen molar-refractivity contribution in [2.24, 2.45) is 0 Å². The van der Waals surface area contributed by atoms with Crippen molar-refractivity contribution in [2.75, 3.05) is 6.61 Å². The second-order valence-corrected chi connectivity index (χ2v) is 3.91. The Bertz CT molecular complexity index is 400. The number of Topliss-reactive ketones (excluding diaryl/α,β-unsaturated/α-hetero) is 1. The summed E-state index contributed by atoms with van der Waals surface area (Å²) >= 11 is 0. The number of carbonyl (C=O) groups excluding carboxylic acids is 2. The van der Waals surface area contributed by atoms with E-state index in [0.717, 1.165) is 0 Å². The van der Waals surface area contributed by atoms with Crippen LogP contribution in [0.1, 0.15) is 0 Å². The van der Waals surface area contributed by atoms with E-state index in [1.807, 2.05) is 0 Å². The van der Waals surface area contributed by atoms with Crippen LogP contribution in [0.15, 0.2) is 0 Å². The zero-order valence-electron chi connectivity index (χ0n) is 8.53. The molecule has 3 atom stereocenters.